The van der Waals surface area contributed by atoms with E-state index in [9.17, 15) is 0 Å². The van der Waals surface area contributed by atoms with Gasteiger partial charge in [0.15, 0.2) is 0 Å². The summed E-state index contributed by atoms with van der Waals surface area (Å²) >= 11 is 0. The van der Waals surface area contributed by atoms with Gasteiger partial charge in [0, 0.05) is 33.0 Å². The lowest BCUT2D eigenvalue weighted by Gasteiger charge is -2.28. The van der Waals surface area contributed by atoms with Crippen LogP contribution in [0.1, 0.15) is 0 Å². The monoisotopic (exact) mass is 703 g/mol. The number of furan rings is 2. The molecule has 2 aromatic heterocycles. The molecule has 0 aliphatic heterocycles. The van der Waals surface area contributed by atoms with Crippen LogP contribution in [0.15, 0.2) is 209 Å². The molecule has 0 saturated heterocycles. The minimum absolute atomic E-state index is 0.814. The summed E-state index contributed by atoms with van der Waals surface area (Å²) in [4.78, 5) is 2.38. The Morgan fingerprint density at radius 2 is 0.982 bits per heavy atom. The van der Waals surface area contributed by atoms with Crippen LogP contribution in [-0.4, -0.2) is 0 Å². The molecule has 0 fully saturated rings. The molecule has 0 atom stereocenters. The average Bonchev–Trinajstić information content (AvgIpc) is 3.82. The van der Waals surface area contributed by atoms with E-state index in [2.05, 4.69) is 193 Å². The first-order chi connectivity index (χ1) is 27.3. The zero-order valence-electron chi connectivity index (χ0n) is 29.8. The maximum Gasteiger partial charge on any atom is 0.144 e. The Balaban J connectivity index is 1.22. The van der Waals surface area contributed by atoms with Gasteiger partial charge in [-0.2, -0.15) is 0 Å². The van der Waals surface area contributed by atoms with E-state index in [-0.39, 0.29) is 0 Å². The Hall–Kier alpha value is -7.36. The van der Waals surface area contributed by atoms with Crippen LogP contribution >= 0.6 is 0 Å². The topological polar surface area (TPSA) is 29.5 Å². The molecule has 0 N–H and O–H groups in total. The van der Waals surface area contributed by atoms with Crippen molar-refractivity contribution in [3.05, 3.63) is 200 Å². The van der Waals surface area contributed by atoms with Crippen LogP contribution in [-0.2, 0) is 0 Å². The van der Waals surface area contributed by atoms with Gasteiger partial charge in [-0.15, -0.1) is 0 Å². The summed E-state index contributed by atoms with van der Waals surface area (Å²) in [5, 5.41) is 6.53. The lowest BCUT2D eigenvalue weighted by molar-refractivity contribution is 0.664. The maximum absolute atomic E-state index is 7.06. The molecular weight excluding hydrogens is 671 g/mol. The average molecular weight is 704 g/mol. The highest BCUT2D eigenvalue weighted by Gasteiger charge is 2.26. The van der Waals surface area contributed by atoms with Gasteiger partial charge in [0.25, 0.3) is 0 Å². The van der Waals surface area contributed by atoms with Crippen molar-refractivity contribution in [2.75, 3.05) is 4.90 Å². The molecule has 3 nitrogen and oxygen atoms in total. The summed E-state index contributed by atoms with van der Waals surface area (Å²) in [6.07, 6.45) is 0. The molecule has 11 aromatic rings. The molecule has 0 spiro atoms. The summed E-state index contributed by atoms with van der Waals surface area (Å²) in [6.45, 7) is 0. The fourth-order valence-electron chi connectivity index (χ4n) is 8.32. The van der Waals surface area contributed by atoms with Crippen molar-refractivity contribution < 1.29 is 8.83 Å². The second kappa shape index (κ2) is 12.6. The van der Waals surface area contributed by atoms with Crippen LogP contribution in [0.4, 0.5) is 17.1 Å². The number of rotatable bonds is 6. The second-order valence-electron chi connectivity index (χ2n) is 14.0. The fourth-order valence-corrected chi connectivity index (χ4v) is 8.32. The minimum atomic E-state index is 0.814. The Morgan fingerprint density at radius 3 is 1.82 bits per heavy atom. The maximum atomic E-state index is 7.06. The molecule has 258 valence electrons. The Labute approximate surface area is 317 Å². The molecule has 0 saturated carbocycles. The van der Waals surface area contributed by atoms with Crippen molar-refractivity contribution in [2.24, 2.45) is 0 Å². The summed E-state index contributed by atoms with van der Waals surface area (Å²) < 4.78 is 13.7. The minimum Gasteiger partial charge on any atom is -0.456 e. The summed E-state index contributed by atoms with van der Waals surface area (Å²) in [5.41, 5.74) is 13.2. The number of para-hydroxylation sites is 2. The van der Waals surface area contributed by atoms with Crippen molar-refractivity contribution in [1.82, 2.24) is 0 Å². The predicted molar refractivity (Wildman–Crippen MR) is 229 cm³/mol. The summed E-state index contributed by atoms with van der Waals surface area (Å²) in [6, 6.07) is 70.8. The second-order valence-corrected chi connectivity index (χ2v) is 14.0. The van der Waals surface area contributed by atoms with E-state index < -0.39 is 0 Å². The van der Waals surface area contributed by atoms with Crippen molar-refractivity contribution >= 4 is 71.7 Å². The molecule has 2 heterocycles. The highest BCUT2D eigenvalue weighted by Crippen LogP contribution is 2.50. The van der Waals surface area contributed by atoms with Gasteiger partial charge in [0.1, 0.15) is 22.3 Å². The van der Waals surface area contributed by atoms with E-state index in [1.807, 2.05) is 12.1 Å². The lowest BCUT2D eigenvalue weighted by Crippen LogP contribution is -2.11. The van der Waals surface area contributed by atoms with Crippen molar-refractivity contribution in [3.8, 4) is 33.4 Å². The first-order valence-corrected chi connectivity index (χ1v) is 18.7. The molecule has 0 amide bonds. The van der Waals surface area contributed by atoms with Crippen LogP contribution in [0.5, 0.6) is 0 Å². The van der Waals surface area contributed by atoms with Crippen LogP contribution in [0.25, 0.3) is 88.0 Å². The van der Waals surface area contributed by atoms with Gasteiger partial charge >= 0.3 is 0 Å². The standard InChI is InChI=1S/C52H33NO2/c1-3-14-34(15-4-1)36-28-30-40(31-29-36)53(44-22-11-9-20-41(44)37-17-5-2-6-18-37)45-23-13-25-47-50(45)43-33-48-51(42-21-10-12-24-46(42)54-48)49(52(43)55-47)39-27-26-35-16-7-8-19-38(35)32-39/h1-33H. The number of fused-ring (bicyclic) bond motifs is 7. The number of anilines is 3. The van der Waals surface area contributed by atoms with E-state index in [1.54, 1.807) is 0 Å². The van der Waals surface area contributed by atoms with Crippen molar-refractivity contribution in [2.45, 2.75) is 0 Å². The number of hydrogen-bond donors (Lipinski definition) is 0. The molecule has 11 rings (SSSR count). The van der Waals surface area contributed by atoms with E-state index >= 15 is 0 Å². The van der Waals surface area contributed by atoms with Crippen LogP contribution in [0, 0.1) is 0 Å². The Bertz CT molecular complexity index is 3190. The molecular formula is C52H33NO2. The Morgan fingerprint density at radius 1 is 0.345 bits per heavy atom. The van der Waals surface area contributed by atoms with Gasteiger partial charge in [-0.3, -0.25) is 0 Å². The van der Waals surface area contributed by atoms with Crippen molar-refractivity contribution in [1.29, 1.82) is 0 Å². The molecule has 0 radical (unpaired) electrons. The molecule has 0 aliphatic rings. The molecule has 0 unspecified atom stereocenters. The first-order valence-electron chi connectivity index (χ1n) is 18.7. The van der Waals surface area contributed by atoms with Gasteiger partial charge in [-0.25, -0.2) is 0 Å². The number of nitrogens with zero attached hydrogens (tertiary/aromatic N) is 1. The van der Waals surface area contributed by atoms with Gasteiger partial charge in [0.05, 0.1) is 16.8 Å². The summed E-state index contributed by atoms with van der Waals surface area (Å²) in [5.74, 6) is 0. The van der Waals surface area contributed by atoms with Crippen molar-refractivity contribution in [3.63, 3.8) is 0 Å². The van der Waals surface area contributed by atoms with E-state index in [0.29, 0.717) is 0 Å². The SMILES string of the molecule is c1ccc(-c2ccc(N(c3ccccc3-c3ccccc3)c3cccc4oc5c(-c6ccc7ccccc7c6)c6c(cc5c34)oc3ccccc36)cc2)cc1. The summed E-state index contributed by atoms with van der Waals surface area (Å²) in [7, 11) is 0. The smallest absolute Gasteiger partial charge is 0.144 e. The molecule has 0 aliphatic carbocycles. The Kier molecular flexibility index (Phi) is 7.17. The van der Waals surface area contributed by atoms with E-state index in [0.717, 1.165) is 83.2 Å². The highest BCUT2D eigenvalue weighted by molar-refractivity contribution is 6.26. The normalized spacial score (nSPS) is 11.6. The lowest BCUT2D eigenvalue weighted by atomic mass is 9.94. The largest absolute Gasteiger partial charge is 0.456 e. The van der Waals surface area contributed by atoms with Crippen LogP contribution in [0.2, 0.25) is 0 Å². The quantitative estimate of drug-likeness (QED) is 0.173. The predicted octanol–water partition coefficient (Wildman–Crippen LogP) is 15.1. The molecule has 9 aromatic carbocycles. The third-order valence-corrected chi connectivity index (χ3v) is 10.8. The van der Waals surface area contributed by atoms with E-state index in [1.165, 1.54) is 21.9 Å². The fraction of sp³-hybridized carbons (Fsp3) is 0. The molecule has 0 bridgehead atoms. The zero-order valence-corrected chi connectivity index (χ0v) is 29.8. The zero-order chi connectivity index (χ0) is 36.3. The third-order valence-electron chi connectivity index (χ3n) is 10.8. The number of benzene rings is 9. The molecule has 3 heteroatoms. The third kappa shape index (κ3) is 5.13. The van der Waals surface area contributed by atoms with Gasteiger partial charge < -0.3 is 13.7 Å². The van der Waals surface area contributed by atoms with Gasteiger partial charge in [-0.05, 0) is 81.6 Å². The van der Waals surface area contributed by atoms with E-state index in [4.69, 9.17) is 8.83 Å². The van der Waals surface area contributed by atoms with Crippen LogP contribution < -0.4 is 4.90 Å². The molecule has 55 heavy (non-hydrogen) atoms. The van der Waals surface area contributed by atoms with Crippen LogP contribution in [0.3, 0.4) is 0 Å². The van der Waals surface area contributed by atoms with Gasteiger partial charge in [-0.1, -0.05) is 152 Å². The highest BCUT2D eigenvalue weighted by atomic mass is 16.3. The number of hydrogen-bond acceptors (Lipinski definition) is 3. The van der Waals surface area contributed by atoms with Gasteiger partial charge in [0.2, 0.25) is 0 Å². The first kappa shape index (κ1) is 31.2.